The largest absolute Gasteiger partial charge is 0.347 e. The molecule has 17 heavy (non-hydrogen) atoms. The maximum Gasteiger partial charge on any atom is 0.241 e. The van der Waals surface area contributed by atoms with Crippen molar-refractivity contribution in [2.45, 2.75) is 19.8 Å². The molecule has 2 rings (SSSR count). The van der Waals surface area contributed by atoms with Gasteiger partial charge < -0.3 is 10.2 Å². The molecule has 2 amide bonds. The molecule has 0 unspecified atom stereocenters. The van der Waals surface area contributed by atoms with Crippen molar-refractivity contribution in [1.82, 2.24) is 15.2 Å². The molecule has 1 saturated heterocycles. The Labute approximate surface area is 104 Å². The normalized spacial score (nSPS) is 16.9. The molecule has 1 fully saturated rings. The second-order valence-electron chi connectivity index (χ2n) is 4.04. The Hall–Kier alpha value is -1.43. The van der Waals surface area contributed by atoms with Crippen molar-refractivity contribution in [2.75, 3.05) is 19.6 Å². The smallest absolute Gasteiger partial charge is 0.241 e. The second-order valence-corrected chi connectivity index (χ2v) is 4.98. The zero-order valence-corrected chi connectivity index (χ0v) is 10.5. The van der Waals surface area contributed by atoms with E-state index in [9.17, 15) is 9.59 Å². The Morgan fingerprint density at radius 1 is 1.53 bits per heavy atom. The average molecular weight is 253 g/mol. The molecule has 0 radical (unpaired) electrons. The first-order chi connectivity index (χ1) is 8.15. The lowest BCUT2D eigenvalue weighted by atomic mass is 10.3. The van der Waals surface area contributed by atoms with Gasteiger partial charge in [-0.15, -0.1) is 11.3 Å². The first kappa shape index (κ1) is 12.0. The summed E-state index contributed by atoms with van der Waals surface area (Å²) in [7, 11) is 0. The highest BCUT2D eigenvalue weighted by atomic mass is 32.1. The lowest BCUT2D eigenvalue weighted by molar-refractivity contribution is -0.130. The molecule has 0 aromatic carbocycles. The van der Waals surface area contributed by atoms with Crippen LogP contribution in [0.1, 0.15) is 17.1 Å². The fraction of sp³-hybridized carbons (Fsp3) is 0.545. The average Bonchev–Trinajstić information content (AvgIpc) is 2.64. The number of thiazole rings is 1. The number of aromatic nitrogens is 1. The van der Waals surface area contributed by atoms with E-state index in [0.29, 0.717) is 19.5 Å². The van der Waals surface area contributed by atoms with E-state index in [1.807, 2.05) is 12.3 Å². The van der Waals surface area contributed by atoms with Gasteiger partial charge in [-0.3, -0.25) is 9.59 Å². The molecule has 1 aliphatic heterocycles. The highest BCUT2D eigenvalue weighted by Gasteiger charge is 2.19. The molecule has 2 heterocycles. The van der Waals surface area contributed by atoms with Crippen molar-refractivity contribution in [1.29, 1.82) is 0 Å². The molecule has 1 aliphatic rings. The standard InChI is InChI=1S/C11H15N3O2S/c1-8-7-17-10(13-8)3-5-14-4-2-9(15)12-6-11(14)16/h7H,2-6H2,1H3,(H,12,15). The highest BCUT2D eigenvalue weighted by Crippen LogP contribution is 2.10. The number of carbonyl (C=O) groups is 2. The van der Waals surface area contributed by atoms with E-state index in [0.717, 1.165) is 17.1 Å². The molecular formula is C11H15N3O2S. The zero-order valence-electron chi connectivity index (χ0n) is 9.73. The van der Waals surface area contributed by atoms with Crippen LogP contribution in [0.5, 0.6) is 0 Å². The molecule has 1 aromatic rings. The fourth-order valence-corrected chi connectivity index (χ4v) is 2.49. The number of carbonyl (C=O) groups excluding carboxylic acids is 2. The third-order valence-corrected chi connectivity index (χ3v) is 3.69. The van der Waals surface area contributed by atoms with Gasteiger partial charge in [-0.25, -0.2) is 4.98 Å². The van der Waals surface area contributed by atoms with Crippen molar-refractivity contribution in [3.05, 3.63) is 16.1 Å². The summed E-state index contributed by atoms with van der Waals surface area (Å²) < 4.78 is 0. The summed E-state index contributed by atoms with van der Waals surface area (Å²) in [4.78, 5) is 28.9. The van der Waals surface area contributed by atoms with Crippen LogP contribution in [0.3, 0.4) is 0 Å². The van der Waals surface area contributed by atoms with E-state index in [2.05, 4.69) is 10.3 Å². The lowest BCUT2D eigenvalue weighted by Crippen LogP contribution is -2.36. The SMILES string of the molecule is Cc1csc(CCN2CCC(=O)NCC2=O)n1. The summed E-state index contributed by atoms with van der Waals surface area (Å²) in [6.07, 6.45) is 1.15. The van der Waals surface area contributed by atoms with Gasteiger partial charge in [0.1, 0.15) is 0 Å². The van der Waals surface area contributed by atoms with Crippen LogP contribution in [0.15, 0.2) is 5.38 Å². The van der Waals surface area contributed by atoms with Gasteiger partial charge in [0.15, 0.2) is 0 Å². The maximum absolute atomic E-state index is 11.7. The van der Waals surface area contributed by atoms with Crippen LogP contribution in [0, 0.1) is 6.92 Å². The molecule has 0 spiro atoms. The van der Waals surface area contributed by atoms with E-state index in [1.54, 1.807) is 16.2 Å². The Balaban J connectivity index is 1.89. The number of rotatable bonds is 3. The molecule has 6 heteroatoms. The van der Waals surface area contributed by atoms with Crippen molar-refractivity contribution >= 4 is 23.2 Å². The molecular weight excluding hydrogens is 238 g/mol. The number of hydrogen-bond donors (Lipinski definition) is 1. The van der Waals surface area contributed by atoms with Crippen LogP contribution in [-0.2, 0) is 16.0 Å². The van der Waals surface area contributed by atoms with E-state index in [4.69, 9.17) is 0 Å². The van der Waals surface area contributed by atoms with Gasteiger partial charge in [0.2, 0.25) is 11.8 Å². The van der Waals surface area contributed by atoms with Crippen molar-refractivity contribution < 1.29 is 9.59 Å². The molecule has 0 bridgehead atoms. The van der Waals surface area contributed by atoms with Crippen LogP contribution in [0.25, 0.3) is 0 Å². The van der Waals surface area contributed by atoms with E-state index in [-0.39, 0.29) is 18.4 Å². The van der Waals surface area contributed by atoms with Crippen molar-refractivity contribution in [3.8, 4) is 0 Å². The van der Waals surface area contributed by atoms with Gasteiger partial charge in [-0.1, -0.05) is 0 Å². The van der Waals surface area contributed by atoms with Gasteiger partial charge in [0.05, 0.1) is 11.6 Å². The second kappa shape index (κ2) is 5.27. The molecule has 1 N–H and O–H groups in total. The van der Waals surface area contributed by atoms with Crippen LogP contribution in [0.4, 0.5) is 0 Å². The molecule has 0 atom stereocenters. The van der Waals surface area contributed by atoms with Crippen molar-refractivity contribution in [2.24, 2.45) is 0 Å². The third-order valence-electron chi connectivity index (χ3n) is 2.66. The van der Waals surface area contributed by atoms with Gasteiger partial charge in [-0.05, 0) is 6.92 Å². The topological polar surface area (TPSA) is 62.3 Å². The summed E-state index contributed by atoms with van der Waals surface area (Å²) >= 11 is 1.61. The number of hydrogen-bond acceptors (Lipinski definition) is 4. The number of amides is 2. The highest BCUT2D eigenvalue weighted by molar-refractivity contribution is 7.09. The molecule has 0 aliphatic carbocycles. The molecule has 92 valence electrons. The predicted molar refractivity (Wildman–Crippen MR) is 64.8 cm³/mol. The van der Waals surface area contributed by atoms with Gasteiger partial charge in [0, 0.05) is 37.0 Å². The quantitative estimate of drug-likeness (QED) is 0.845. The molecule has 5 nitrogen and oxygen atoms in total. The van der Waals surface area contributed by atoms with Crippen LogP contribution < -0.4 is 5.32 Å². The minimum Gasteiger partial charge on any atom is -0.347 e. The Kier molecular flexibility index (Phi) is 3.73. The Morgan fingerprint density at radius 3 is 3.06 bits per heavy atom. The Morgan fingerprint density at radius 2 is 2.35 bits per heavy atom. The first-order valence-corrected chi connectivity index (χ1v) is 6.48. The maximum atomic E-state index is 11.7. The van der Waals surface area contributed by atoms with Crippen LogP contribution in [-0.4, -0.2) is 41.3 Å². The summed E-state index contributed by atoms with van der Waals surface area (Å²) in [6, 6.07) is 0. The van der Waals surface area contributed by atoms with Gasteiger partial charge in [0.25, 0.3) is 0 Å². The third kappa shape index (κ3) is 3.26. The summed E-state index contributed by atoms with van der Waals surface area (Å²) in [5, 5.41) is 5.63. The fourth-order valence-electron chi connectivity index (χ4n) is 1.72. The minimum absolute atomic E-state index is 0.0101. The number of aryl methyl sites for hydroxylation is 1. The van der Waals surface area contributed by atoms with E-state index >= 15 is 0 Å². The molecule has 1 aromatic heterocycles. The van der Waals surface area contributed by atoms with E-state index < -0.39 is 0 Å². The van der Waals surface area contributed by atoms with Crippen LogP contribution >= 0.6 is 11.3 Å². The van der Waals surface area contributed by atoms with Gasteiger partial charge >= 0.3 is 0 Å². The first-order valence-electron chi connectivity index (χ1n) is 5.60. The molecule has 0 saturated carbocycles. The Bertz CT molecular complexity index is 430. The predicted octanol–water partition coefficient (Wildman–Crippen LogP) is 0.343. The summed E-state index contributed by atoms with van der Waals surface area (Å²) in [5.41, 5.74) is 1.02. The minimum atomic E-state index is -0.0501. The summed E-state index contributed by atoms with van der Waals surface area (Å²) in [6.45, 7) is 3.23. The van der Waals surface area contributed by atoms with Crippen molar-refractivity contribution in [3.63, 3.8) is 0 Å². The summed E-state index contributed by atoms with van der Waals surface area (Å²) in [5.74, 6) is -0.0601. The lowest BCUT2D eigenvalue weighted by Gasteiger charge is -2.18. The zero-order chi connectivity index (χ0) is 12.3. The number of nitrogens with one attached hydrogen (secondary N) is 1. The van der Waals surface area contributed by atoms with Gasteiger partial charge in [-0.2, -0.15) is 0 Å². The van der Waals surface area contributed by atoms with Crippen LogP contribution in [0.2, 0.25) is 0 Å². The number of nitrogens with zero attached hydrogens (tertiary/aromatic N) is 2. The monoisotopic (exact) mass is 253 g/mol. The van der Waals surface area contributed by atoms with E-state index in [1.165, 1.54) is 0 Å².